The van der Waals surface area contributed by atoms with Gasteiger partial charge in [-0.2, -0.15) is 0 Å². The quantitative estimate of drug-likeness (QED) is 0.448. The van der Waals surface area contributed by atoms with E-state index in [2.05, 4.69) is 32.9 Å². The lowest BCUT2D eigenvalue weighted by Crippen LogP contribution is -1.70. The van der Waals surface area contributed by atoms with Gasteiger partial charge >= 0.3 is 0 Å². The molecule has 0 aliphatic carbocycles. The molecule has 0 bridgehead atoms. The first-order valence-electron chi connectivity index (χ1n) is 5.95. The summed E-state index contributed by atoms with van der Waals surface area (Å²) in [6.45, 7) is 17.0. The van der Waals surface area contributed by atoms with Crippen molar-refractivity contribution in [2.24, 2.45) is 0 Å². The molecule has 0 saturated heterocycles. The summed E-state index contributed by atoms with van der Waals surface area (Å²) in [5.74, 6) is -0.0582. The van der Waals surface area contributed by atoms with Crippen LogP contribution in [0.25, 0.3) is 0 Å². The summed E-state index contributed by atoms with van der Waals surface area (Å²) < 4.78 is 0. The van der Waals surface area contributed by atoms with Crippen LogP contribution in [0.2, 0.25) is 0 Å². The van der Waals surface area contributed by atoms with Crippen molar-refractivity contribution in [1.82, 2.24) is 0 Å². The van der Waals surface area contributed by atoms with Gasteiger partial charge in [-0.3, -0.25) is 0 Å². The van der Waals surface area contributed by atoms with E-state index in [4.69, 9.17) is 15.3 Å². The summed E-state index contributed by atoms with van der Waals surface area (Å²) in [6, 6.07) is 0. The molecule has 0 radical (unpaired) electrons. The number of allylic oxidation sites excluding steroid dienone is 10. The lowest BCUT2D eigenvalue weighted by atomic mass is 10.2. The van der Waals surface area contributed by atoms with E-state index in [1.165, 1.54) is 18.2 Å². The van der Waals surface area contributed by atoms with Gasteiger partial charge in [-0.25, -0.2) is 0 Å². The van der Waals surface area contributed by atoms with Crippen LogP contribution in [-0.4, -0.2) is 15.3 Å². The van der Waals surface area contributed by atoms with Crippen LogP contribution in [0.15, 0.2) is 110 Å². The van der Waals surface area contributed by atoms with Crippen LogP contribution in [-0.2, 0) is 0 Å². The molecule has 21 heavy (non-hydrogen) atoms. The number of rotatable bonds is 7. The van der Waals surface area contributed by atoms with E-state index in [-0.39, 0.29) is 17.3 Å². The number of aliphatic hydroxyl groups is 3. The second-order valence-corrected chi connectivity index (χ2v) is 3.64. The molecule has 3 N–H and O–H groups in total. The van der Waals surface area contributed by atoms with Crippen LogP contribution >= 0.6 is 0 Å². The predicted molar refractivity (Wildman–Crippen MR) is 91.2 cm³/mol. The second-order valence-electron chi connectivity index (χ2n) is 3.64. The normalized spacial score (nSPS) is 11.1. The molecule has 0 aromatic rings. The minimum Gasteiger partial charge on any atom is -0.509 e. The van der Waals surface area contributed by atoms with Crippen molar-refractivity contribution in [1.29, 1.82) is 0 Å². The van der Waals surface area contributed by atoms with E-state index >= 15 is 0 Å². The van der Waals surface area contributed by atoms with Gasteiger partial charge in [0.15, 0.2) is 0 Å². The SMILES string of the molecule is C=C(O)/C=C\C(=C)O.C=C/C=C\C(=C)/C=C/C=C(/O)C=C. The second kappa shape index (κ2) is 13.5. The predicted octanol–water partition coefficient (Wildman–Crippen LogP) is 5.15. The first-order chi connectivity index (χ1) is 9.83. The zero-order valence-electron chi connectivity index (χ0n) is 12.1. The maximum Gasteiger partial charge on any atom is 0.114 e. The van der Waals surface area contributed by atoms with Crippen LogP contribution in [0.3, 0.4) is 0 Å². The zero-order valence-corrected chi connectivity index (χ0v) is 12.1. The standard InChI is InChI=1S/C12H14O.C6H8O2/c1-4-6-8-11(3)9-7-10-12(13)5-2;1-5(7)3-4-6(2)8/h4-10,13H,1-3H2;3-4,7-8H,1-2H2/b8-6-,9-7+,12-10+;4-3-. The first kappa shape index (κ1) is 20.4. The molecule has 0 amide bonds. The molecule has 0 saturated carbocycles. The molecule has 0 aromatic carbocycles. The van der Waals surface area contributed by atoms with Crippen molar-refractivity contribution in [3.8, 4) is 0 Å². The monoisotopic (exact) mass is 286 g/mol. The van der Waals surface area contributed by atoms with E-state index in [1.54, 1.807) is 30.4 Å². The fraction of sp³-hybridized carbons (Fsp3) is 0. The molecule has 3 nitrogen and oxygen atoms in total. The molecule has 0 heterocycles. The van der Waals surface area contributed by atoms with E-state index in [9.17, 15) is 0 Å². The minimum absolute atomic E-state index is 0.0970. The van der Waals surface area contributed by atoms with Crippen molar-refractivity contribution >= 4 is 0 Å². The third-order valence-corrected chi connectivity index (χ3v) is 1.70. The molecule has 0 atom stereocenters. The number of aliphatic hydroxyl groups excluding tert-OH is 3. The van der Waals surface area contributed by atoms with Crippen molar-refractivity contribution in [2.75, 3.05) is 0 Å². The Bertz CT molecular complexity index is 485. The lowest BCUT2D eigenvalue weighted by molar-refractivity contribution is 0.425. The Morgan fingerprint density at radius 3 is 1.57 bits per heavy atom. The average Bonchev–Trinajstić information content (AvgIpc) is 2.43. The number of hydrogen-bond donors (Lipinski definition) is 3. The number of hydrogen-bond acceptors (Lipinski definition) is 3. The van der Waals surface area contributed by atoms with Gasteiger partial charge < -0.3 is 15.3 Å². The fourth-order valence-electron chi connectivity index (χ4n) is 0.778. The topological polar surface area (TPSA) is 60.7 Å². The zero-order chi connectivity index (χ0) is 16.7. The van der Waals surface area contributed by atoms with Gasteiger partial charge in [0.2, 0.25) is 0 Å². The third kappa shape index (κ3) is 19.6. The van der Waals surface area contributed by atoms with Gasteiger partial charge in [0, 0.05) is 0 Å². The summed E-state index contributed by atoms with van der Waals surface area (Å²) in [4.78, 5) is 0. The van der Waals surface area contributed by atoms with Crippen LogP contribution < -0.4 is 0 Å². The third-order valence-electron chi connectivity index (χ3n) is 1.70. The Balaban J connectivity index is 0. The van der Waals surface area contributed by atoms with Crippen LogP contribution in [0.4, 0.5) is 0 Å². The molecule has 3 heteroatoms. The molecular formula is C18H22O3. The maximum absolute atomic E-state index is 8.97. The lowest BCUT2D eigenvalue weighted by Gasteiger charge is -1.87. The van der Waals surface area contributed by atoms with Crippen molar-refractivity contribution < 1.29 is 15.3 Å². The highest BCUT2D eigenvalue weighted by Gasteiger charge is 1.79. The van der Waals surface area contributed by atoms with Gasteiger partial charge in [0.05, 0.1) is 0 Å². The maximum atomic E-state index is 8.97. The van der Waals surface area contributed by atoms with Gasteiger partial charge in [0.25, 0.3) is 0 Å². The Hall–Kier alpha value is -2.94. The van der Waals surface area contributed by atoms with E-state index in [0.717, 1.165) is 5.57 Å². The molecule has 0 aliphatic heterocycles. The van der Waals surface area contributed by atoms with Gasteiger partial charge in [-0.15, -0.1) is 0 Å². The highest BCUT2D eigenvalue weighted by molar-refractivity contribution is 5.31. The van der Waals surface area contributed by atoms with Crippen LogP contribution in [0.5, 0.6) is 0 Å². The molecule has 0 aromatic heterocycles. The molecule has 0 spiro atoms. The summed E-state index contributed by atoms with van der Waals surface area (Å²) in [6.07, 6.45) is 14.2. The van der Waals surface area contributed by atoms with Crippen molar-refractivity contribution in [2.45, 2.75) is 0 Å². The highest BCUT2D eigenvalue weighted by Crippen LogP contribution is 1.97. The smallest absolute Gasteiger partial charge is 0.114 e. The highest BCUT2D eigenvalue weighted by atomic mass is 16.3. The Labute approximate surface area is 126 Å². The molecule has 0 fully saturated rings. The van der Waals surface area contributed by atoms with Crippen molar-refractivity contribution in [3.63, 3.8) is 0 Å². The molecule has 0 rings (SSSR count). The summed E-state index contributed by atoms with van der Waals surface area (Å²) in [5, 5.41) is 25.7. The fourth-order valence-corrected chi connectivity index (χ4v) is 0.778. The first-order valence-corrected chi connectivity index (χ1v) is 5.95. The average molecular weight is 286 g/mol. The Morgan fingerprint density at radius 2 is 1.19 bits per heavy atom. The molecular weight excluding hydrogens is 264 g/mol. The Morgan fingerprint density at radius 1 is 0.714 bits per heavy atom. The molecule has 0 aliphatic rings. The summed E-state index contributed by atoms with van der Waals surface area (Å²) in [7, 11) is 0. The molecule has 0 unspecified atom stereocenters. The summed E-state index contributed by atoms with van der Waals surface area (Å²) in [5.41, 5.74) is 0.841. The van der Waals surface area contributed by atoms with Crippen LogP contribution in [0, 0.1) is 0 Å². The van der Waals surface area contributed by atoms with E-state index in [0.29, 0.717) is 0 Å². The van der Waals surface area contributed by atoms with E-state index < -0.39 is 0 Å². The van der Waals surface area contributed by atoms with Crippen molar-refractivity contribution in [3.05, 3.63) is 110 Å². The van der Waals surface area contributed by atoms with Gasteiger partial charge in [-0.05, 0) is 29.9 Å². The summed E-state index contributed by atoms with van der Waals surface area (Å²) >= 11 is 0. The van der Waals surface area contributed by atoms with Gasteiger partial charge in [0.1, 0.15) is 17.3 Å². The molecule has 112 valence electrons. The van der Waals surface area contributed by atoms with Crippen LogP contribution in [0.1, 0.15) is 0 Å². The van der Waals surface area contributed by atoms with Gasteiger partial charge in [-0.1, -0.05) is 63.3 Å². The Kier molecular flexibility index (Phi) is 13.1. The van der Waals surface area contributed by atoms with E-state index in [1.807, 2.05) is 6.08 Å². The largest absolute Gasteiger partial charge is 0.509 e. The minimum atomic E-state index is -0.0970.